The molecule has 7 heteroatoms. The molecule has 114 valence electrons. The van der Waals surface area contributed by atoms with Crippen LogP contribution in [0, 0.1) is 0 Å². The van der Waals surface area contributed by atoms with Crippen molar-refractivity contribution in [1.82, 2.24) is 5.32 Å². The van der Waals surface area contributed by atoms with Crippen LogP contribution >= 0.6 is 11.8 Å². The molecule has 0 atom stereocenters. The van der Waals surface area contributed by atoms with Gasteiger partial charge in [0.05, 0.1) is 13.7 Å². The Morgan fingerprint density at radius 2 is 2.05 bits per heavy atom. The third-order valence-electron chi connectivity index (χ3n) is 2.45. The van der Waals surface area contributed by atoms with Crippen molar-refractivity contribution in [2.24, 2.45) is 0 Å². The van der Waals surface area contributed by atoms with E-state index in [2.05, 4.69) is 5.32 Å². The molecule has 1 N–H and O–H groups in total. The van der Waals surface area contributed by atoms with Crippen molar-refractivity contribution < 1.29 is 22.6 Å². The number of rotatable bonds is 8. The van der Waals surface area contributed by atoms with E-state index in [1.54, 1.807) is 12.1 Å². The summed E-state index contributed by atoms with van der Waals surface area (Å²) >= 11 is -0.0854. The standard InChI is InChI=1S/C13H18F3NO2S/c1-3-17-9-10-4-5-11(18-2)8-12(10)19-6-7-20-13(14,15)16/h4-5,8,17H,3,6-7,9H2,1-2H3. The highest BCUT2D eigenvalue weighted by Gasteiger charge is 2.27. The summed E-state index contributed by atoms with van der Waals surface area (Å²) in [6.45, 7) is 3.37. The predicted molar refractivity (Wildman–Crippen MR) is 74.4 cm³/mol. The van der Waals surface area contributed by atoms with Gasteiger partial charge in [0.15, 0.2) is 0 Å². The maximum atomic E-state index is 12.0. The first-order chi connectivity index (χ1) is 9.46. The van der Waals surface area contributed by atoms with Crippen LogP contribution in [0.5, 0.6) is 11.5 Å². The van der Waals surface area contributed by atoms with Gasteiger partial charge in [0, 0.05) is 23.9 Å². The number of alkyl halides is 3. The van der Waals surface area contributed by atoms with Gasteiger partial charge in [0.25, 0.3) is 0 Å². The Morgan fingerprint density at radius 3 is 2.65 bits per heavy atom. The lowest BCUT2D eigenvalue weighted by molar-refractivity contribution is -0.0329. The first-order valence-electron chi connectivity index (χ1n) is 6.17. The molecule has 0 aliphatic heterocycles. The molecule has 1 aromatic carbocycles. The minimum Gasteiger partial charge on any atom is -0.497 e. The SMILES string of the molecule is CCNCc1ccc(OC)cc1OCCSC(F)(F)F. The van der Waals surface area contributed by atoms with Crippen LogP contribution in [0.3, 0.4) is 0 Å². The van der Waals surface area contributed by atoms with Crippen LogP contribution in [0.25, 0.3) is 0 Å². The molecule has 0 bridgehead atoms. The van der Waals surface area contributed by atoms with Crippen molar-refractivity contribution in [2.45, 2.75) is 19.0 Å². The van der Waals surface area contributed by atoms with Gasteiger partial charge in [0.1, 0.15) is 11.5 Å². The van der Waals surface area contributed by atoms with Crippen LogP contribution in [0.2, 0.25) is 0 Å². The van der Waals surface area contributed by atoms with Crippen molar-refractivity contribution in [3.8, 4) is 11.5 Å². The molecule has 0 aromatic heterocycles. The zero-order chi connectivity index (χ0) is 15.0. The number of thioether (sulfide) groups is 1. The second-order valence-corrected chi connectivity index (χ2v) is 5.06. The number of hydrogen-bond donors (Lipinski definition) is 1. The molecule has 1 aromatic rings. The minimum atomic E-state index is -4.22. The van der Waals surface area contributed by atoms with Crippen LogP contribution in [-0.2, 0) is 6.54 Å². The molecular weight excluding hydrogens is 291 g/mol. The fourth-order valence-corrected chi connectivity index (χ4v) is 1.91. The molecule has 0 spiro atoms. The van der Waals surface area contributed by atoms with E-state index in [1.165, 1.54) is 7.11 Å². The fraction of sp³-hybridized carbons (Fsp3) is 0.538. The number of ether oxygens (including phenoxy) is 2. The van der Waals surface area contributed by atoms with Crippen molar-refractivity contribution in [3.63, 3.8) is 0 Å². The normalized spacial score (nSPS) is 11.4. The lowest BCUT2D eigenvalue weighted by Crippen LogP contribution is -2.14. The molecule has 0 saturated carbocycles. The quantitative estimate of drug-likeness (QED) is 0.745. The van der Waals surface area contributed by atoms with Crippen molar-refractivity contribution in [1.29, 1.82) is 0 Å². The van der Waals surface area contributed by atoms with Crippen LogP contribution in [0.4, 0.5) is 13.2 Å². The summed E-state index contributed by atoms with van der Waals surface area (Å²) in [6, 6.07) is 5.32. The van der Waals surface area contributed by atoms with Gasteiger partial charge in [0.2, 0.25) is 0 Å². The minimum absolute atomic E-state index is 0.00350. The number of methoxy groups -OCH3 is 1. The Bertz CT molecular complexity index is 413. The van der Waals surface area contributed by atoms with Crippen LogP contribution in [0.1, 0.15) is 12.5 Å². The Labute approximate surface area is 120 Å². The van der Waals surface area contributed by atoms with Gasteiger partial charge in [-0.15, -0.1) is 0 Å². The molecule has 20 heavy (non-hydrogen) atoms. The van der Waals surface area contributed by atoms with Gasteiger partial charge in [-0.25, -0.2) is 0 Å². The topological polar surface area (TPSA) is 30.5 Å². The number of nitrogens with one attached hydrogen (secondary N) is 1. The summed E-state index contributed by atoms with van der Waals surface area (Å²) in [5, 5.41) is 3.15. The van der Waals surface area contributed by atoms with Crippen LogP contribution < -0.4 is 14.8 Å². The summed E-state index contributed by atoms with van der Waals surface area (Å²) in [5.41, 5.74) is -3.32. The van der Waals surface area contributed by atoms with E-state index >= 15 is 0 Å². The molecule has 0 unspecified atom stereocenters. The third-order valence-corrected chi connectivity index (χ3v) is 3.14. The van der Waals surface area contributed by atoms with E-state index in [1.807, 2.05) is 13.0 Å². The summed E-state index contributed by atoms with van der Waals surface area (Å²) in [4.78, 5) is 0. The molecule has 0 heterocycles. The second kappa shape index (κ2) is 8.26. The number of halogens is 3. The summed E-state index contributed by atoms with van der Waals surface area (Å²) in [6.07, 6.45) is 0. The van der Waals surface area contributed by atoms with E-state index < -0.39 is 5.51 Å². The van der Waals surface area contributed by atoms with Gasteiger partial charge in [-0.05, 0) is 24.4 Å². The molecule has 0 aliphatic carbocycles. The fourth-order valence-electron chi connectivity index (χ4n) is 1.51. The van der Waals surface area contributed by atoms with E-state index in [0.717, 1.165) is 12.1 Å². The molecule has 0 saturated heterocycles. The molecule has 1 rings (SSSR count). The van der Waals surface area contributed by atoms with Crippen LogP contribution in [-0.4, -0.2) is 31.5 Å². The zero-order valence-corrected chi connectivity index (χ0v) is 12.2. The maximum absolute atomic E-state index is 12.0. The van der Waals surface area contributed by atoms with E-state index in [4.69, 9.17) is 9.47 Å². The monoisotopic (exact) mass is 309 g/mol. The Balaban J connectivity index is 2.60. The summed E-state index contributed by atoms with van der Waals surface area (Å²) in [7, 11) is 1.53. The molecule has 0 radical (unpaired) electrons. The summed E-state index contributed by atoms with van der Waals surface area (Å²) in [5.74, 6) is 1.03. The van der Waals surface area contributed by atoms with Gasteiger partial charge in [-0.2, -0.15) is 13.2 Å². The first-order valence-corrected chi connectivity index (χ1v) is 7.16. The first kappa shape index (κ1) is 17.0. The van der Waals surface area contributed by atoms with Gasteiger partial charge in [-0.1, -0.05) is 13.0 Å². The lowest BCUT2D eigenvalue weighted by Gasteiger charge is -2.13. The Kier molecular flexibility index (Phi) is 7.01. The average molecular weight is 309 g/mol. The number of benzene rings is 1. The highest BCUT2D eigenvalue weighted by molar-refractivity contribution is 8.00. The van der Waals surface area contributed by atoms with Gasteiger partial charge >= 0.3 is 5.51 Å². The van der Waals surface area contributed by atoms with Gasteiger partial charge < -0.3 is 14.8 Å². The lowest BCUT2D eigenvalue weighted by atomic mass is 10.2. The van der Waals surface area contributed by atoms with E-state index in [9.17, 15) is 13.2 Å². The smallest absolute Gasteiger partial charge is 0.441 e. The van der Waals surface area contributed by atoms with Gasteiger partial charge in [-0.3, -0.25) is 0 Å². The molecule has 0 aliphatic rings. The van der Waals surface area contributed by atoms with E-state index in [-0.39, 0.29) is 24.1 Å². The zero-order valence-electron chi connectivity index (χ0n) is 11.4. The molecule has 0 amide bonds. The highest BCUT2D eigenvalue weighted by Crippen LogP contribution is 2.30. The van der Waals surface area contributed by atoms with Crippen molar-refractivity contribution in [2.75, 3.05) is 26.0 Å². The highest BCUT2D eigenvalue weighted by atomic mass is 32.2. The molecule has 0 fully saturated rings. The largest absolute Gasteiger partial charge is 0.497 e. The Hall–Kier alpha value is -1.08. The molecule has 3 nitrogen and oxygen atoms in total. The summed E-state index contributed by atoms with van der Waals surface area (Å²) < 4.78 is 46.6. The number of hydrogen-bond acceptors (Lipinski definition) is 4. The maximum Gasteiger partial charge on any atom is 0.441 e. The Morgan fingerprint density at radius 1 is 1.30 bits per heavy atom. The second-order valence-electron chi connectivity index (χ2n) is 3.90. The van der Waals surface area contributed by atoms with Crippen molar-refractivity contribution >= 4 is 11.8 Å². The van der Waals surface area contributed by atoms with Crippen molar-refractivity contribution in [3.05, 3.63) is 23.8 Å². The van der Waals surface area contributed by atoms with E-state index in [0.29, 0.717) is 18.0 Å². The average Bonchev–Trinajstić information content (AvgIpc) is 2.40. The predicted octanol–water partition coefficient (Wildman–Crippen LogP) is 3.44. The third kappa shape index (κ3) is 6.38. The van der Waals surface area contributed by atoms with Crippen LogP contribution in [0.15, 0.2) is 18.2 Å². The molecular formula is C13H18F3NO2S.